The minimum atomic E-state index is -0.219. The molecule has 9 rings (SSSR count). The van der Waals surface area contributed by atoms with Crippen LogP contribution >= 0.6 is 0 Å². The van der Waals surface area contributed by atoms with E-state index in [1.54, 1.807) is 0 Å². The van der Waals surface area contributed by atoms with Crippen molar-refractivity contribution in [3.63, 3.8) is 0 Å². The van der Waals surface area contributed by atoms with Crippen molar-refractivity contribution >= 4 is 50.1 Å². The first-order valence-electron chi connectivity index (χ1n) is 31.0. The van der Waals surface area contributed by atoms with Gasteiger partial charge in [0.2, 0.25) is 5.36 Å². The number of carbonyl (C=O) groups excluding carboxylic acids is 1. The van der Waals surface area contributed by atoms with Gasteiger partial charge in [-0.3, -0.25) is 0 Å². The van der Waals surface area contributed by atoms with Crippen molar-refractivity contribution in [3.05, 3.63) is 123 Å². The van der Waals surface area contributed by atoms with E-state index in [0.717, 1.165) is 50.5 Å². The summed E-state index contributed by atoms with van der Waals surface area (Å²) < 4.78 is 16.1. The van der Waals surface area contributed by atoms with E-state index in [9.17, 15) is 4.79 Å². The van der Waals surface area contributed by atoms with Gasteiger partial charge < -0.3 is 14.4 Å². The van der Waals surface area contributed by atoms with Crippen LogP contribution in [-0.4, -0.2) is 32.2 Å². The van der Waals surface area contributed by atoms with Crippen molar-refractivity contribution in [2.45, 2.75) is 226 Å². The minimum Gasteiger partial charge on any atom is -0.462 e. The van der Waals surface area contributed by atoms with Crippen LogP contribution in [-0.2, 0) is 22.1 Å². The van der Waals surface area contributed by atoms with E-state index in [0.29, 0.717) is 12.2 Å². The third-order valence-corrected chi connectivity index (χ3v) is 17.5. The van der Waals surface area contributed by atoms with Gasteiger partial charge in [-0.2, -0.15) is 0 Å². The van der Waals surface area contributed by atoms with Crippen LogP contribution in [0.5, 0.6) is 11.5 Å². The van der Waals surface area contributed by atoms with Crippen LogP contribution in [0, 0.1) is 0 Å². The number of unbranched alkanes of at least 4 members (excludes halogenated alkanes) is 24. The first-order chi connectivity index (χ1) is 37.1. The number of hydrogen-bond acceptors (Lipinski definition) is 4. The largest absolute Gasteiger partial charge is 0.462 e. The summed E-state index contributed by atoms with van der Waals surface area (Å²) in [4.78, 5) is 15.9. The van der Waals surface area contributed by atoms with E-state index < -0.39 is 0 Å². The van der Waals surface area contributed by atoms with Crippen LogP contribution in [0.2, 0.25) is 0 Å². The summed E-state index contributed by atoms with van der Waals surface area (Å²) in [7, 11) is 0. The Kier molecular flexibility index (Phi) is 19.4. The van der Waals surface area contributed by atoms with Gasteiger partial charge in [-0.1, -0.05) is 236 Å². The van der Waals surface area contributed by atoms with Gasteiger partial charge in [-0.25, -0.2) is 9.37 Å². The lowest BCUT2D eigenvalue weighted by Gasteiger charge is -2.28. The second-order valence-electron chi connectivity index (χ2n) is 24.8. The van der Waals surface area contributed by atoms with Gasteiger partial charge in [0.25, 0.3) is 0 Å². The van der Waals surface area contributed by atoms with Crippen molar-refractivity contribution in [3.8, 4) is 11.5 Å². The lowest BCUT2D eigenvalue weighted by Crippen LogP contribution is -2.30. The fourth-order valence-corrected chi connectivity index (χ4v) is 13.5. The zero-order chi connectivity index (χ0) is 52.9. The third-order valence-electron chi connectivity index (χ3n) is 17.5. The van der Waals surface area contributed by atoms with Gasteiger partial charge in [0.1, 0.15) is 11.5 Å². The van der Waals surface area contributed by atoms with Gasteiger partial charge in [0, 0.05) is 45.8 Å². The molecule has 6 aromatic rings. The molecule has 0 spiro atoms. The minimum absolute atomic E-state index is 0.102. The second kappa shape index (κ2) is 26.5. The zero-order valence-electron chi connectivity index (χ0n) is 48.2. The molecular formula is C71H95N2O3+. The molecule has 5 heteroatoms. The first kappa shape index (κ1) is 55.6. The highest BCUT2D eigenvalue weighted by Gasteiger charge is 2.45. The van der Waals surface area contributed by atoms with Crippen molar-refractivity contribution in [1.82, 2.24) is 4.58 Å². The van der Waals surface area contributed by atoms with Crippen molar-refractivity contribution in [2.75, 3.05) is 31.1 Å². The van der Waals surface area contributed by atoms with Gasteiger partial charge >= 0.3 is 5.97 Å². The van der Waals surface area contributed by atoms with Gasteiger partial charge in [-0.05, 0) is 84.6 Å². The predicted octanol–water partition coefficient (Wildman–Crippen LogP) is 18.5. The van der Waals surface area contributed by atoms with E-state index in [4.69, 9.17) is 9.47 Å². The number of esters is 1. The Hall–Kier alpha value is -5.16. The molecule has 0 aromatic heterocycles. The molecule has 0 unspecified atom stereocenters. The monoisotopic (exact) mass is 1020 g/mol. The molecular weight excluding hydrogens is 929 g/mol. The van der Waals surface area contributed by atoms with Gasteiger partial charge in [0.15, 0.2) is 13.1 Å². The van der Waals surface area contributed by atoms with Crippen molar-refractivity contribution < 1.29 is 14.3 Å². The zero-order valence-corrected chi connectivity index (χ0v) is 48.2. The Morgan fingerprint density at radius 2 is 1.07 bits per heavy atom. The number of hydrogen-bond donors (Lipinski definition) is 0. The molecule has 0 aliphatic carbocycles. The van der Waals surface area contributed by atoms with E-state index in [-0.39, 0.29) is 16.8 Å². The number of rotatable bonds is 31. The standard InChI is InChI=1S/C71H95N2O3/c1-7-9-11-13-15-17-19-20-21-22-23-24-26-28-30-36-46-75-69(74)54-43-41-53(42-44-54)50-73-52-71(5,6)63-65(73)58-40-34-33-39-57(58)61-49-62-59-47-55-37-31-32-38-56(55)48-60(59)66-64(68(62)76-67(61)63)70(3,4)51-72(66)45-35-29-27-25-18-16-14-12-10-8-2/h31-34,37-44,47-49H,7-30,35-36,45-46,50-52H2,1-6H3/q+1. The van der Waals surface area contributed by atoms with Crippen LogP contribution in [0.4, 0.5) is 5.69 Å². The quantitative estimate of drug-likeness (QED) is 0.0188. The molecule has 0 N–H and O–H groups in total. The summed E-state index contributed by atoms with van der Waals surface area (Å²) in [6.07, 6.45) is 37.2. The molecule has 0 amide bonds. The fraction of sp³-hybridized carbons (Fsp3) is 0.549. The Bertz CT molecular complexity index is 3030. The molecule has 5 nitrogen and oxygen atoms in total. The highest BCUT2D eigenvalue weighted by atomic mass is 16.5. The van der Waals surface area contributed by atoms with Crippen molar-refractivity contribution in [2.24, 2.45) is 0 Å². The second-order valence-corrected chi connectivity index (χ2v) is 24.8. The molecule has 0 saturated heterocycles. The van der Waals surface area contributed by atoms with Gasteiger partial charge in [-0.15, -0.1) is 0 Å². The molecule has 0 atom stereocenters. The molecule has 76 heavy (non-hydrogen) atoms. The Labute approximate surface area is 458 Å². The van der Waals surface area contributed by atoms with Crippen molar-refractivity contribution in [1.29, 1.82) is 0 Å². The molecule has 3 aliphatic heterocycles. The topological polar surface area (TPSA) is 41.8 Å². The average molecular weight is 1020 g/mol. The summed E-state index contributed by atoms with van der Waals surface area (Å²) >= 11 is 0. The average Bonchev–Trinajstić information content (AvgIpc) is 4.04. The molecule has 0 bridgehead atoms. The number of carbonyl (C=O) groups is 1. The van der Waals surface area contributed by atoms with Crippen LogP contribution in [0.15, 0.2) is 84.9 Å². The summed E-state index contributed by atoms with van der Waals surface area (Å²) in [6.45, 7) is 18.4. The molecule has 3 heterocycles. The number of ether oxygens (including phenoxy) is 2. The number of benzene rings is 6. The number of fused-ring (bicyclic) bond motifs is 13. The molecule has 0 fully saturated rings. The molecule has 3 aliphatic rings. The summed E-state index contributed by atoms with van der Waals surface area (Å²) in [5, 5.41) is 10.1. The highest BCUT2D eigenvalue weighted by molar-refractivity contribution is 6.11. The third kappa shape index (κ3) is 13.0. The van der Waals surface area contributed by atoms with E-state index >= 15 is 0 Å². The van der Waals surface area contributed by atoms with E-state index in [2.05, 4.69) is 130 Å². The van der Waals surface area contributed by atoms with E-state index in [1.807, 2.05) is 12.1 Å². The summed E-state index contributed by atoms with van der Waals surface area (Å²) in [5.41, 5.74) is 6.76. The molecule has 0 radical (unpaired) electrons. The Morgan fingerprint density at radius 1 is 0.553 bits per heavy atom. The van der Waals surface area contributed by atoms with Crippen LogP contribution in [0.25, 0.3) is 38.4 Å². The predicted molar refractivity (Wildman–Crippen MR) is 324 cm³/mol. The summed E-state index contributed by atoms with van der Waals surface area (Å²) in [6, 6.07) is 30.9. The summed E-state index contributed by atoms with van der Waals surface area (Å²) in [5.74, 6) is 1.84. The SMILES string of the molecule is CCCCCCCCCCCCCCCCCCOC(=O)c1ccc(C[N+]2=c3c(c4c(c5ccccc35)=Cc3c(c5c(c6cc7ccccc7cc36)N(CCCCCCCCCCCC)CC5(C)C)O4)C(C)(C)C2)cc1. The normalized spacial score (nSPS) is 15.0. The first-order valence-corrected chi connectivity index (χ1v) is 31.0. The maximum atomic E-state index is 13.2. The Balaban J connectivity index is 0.896. The molecule has 6 aromatic carbocycles. The Morgan fingerprint density at radius 3 is 1.64 bits per heavy atom. The van der Waals surface area contributed by atoms with E-state index in [1.165, 1.54) is 225 Å². The van der Waals surface area contributed by atoms with Crippen LogP contribution in [0.3, 0.4) is 0 Å². The fourth-order valence-electron chi connectivity index (χ4n) is 13.5. The smallest absolute Gasteiger partial charge is 0.338 e. The van der Waals surface area contributed by atoms with Gasteiger partial charge in [0.05, 0.1) is 34.2 Å². The lowest BCUT2D eigenvalue weighted by molar-refractivity contribution is 0.0497. The number of nitrogens with zero attached hydrogens (tertiary/aromatic N) is 2. The van der Waals surface area contributed by atoms with Crippen LogP contribution in [0.1, 0.15) is 241 Å². The molecule has 406 valence electrons. The number of anilines is 1. The maximum Gasteiger partial charge on any atom is 0.338 e. The lowest BCUT2D eigenvalue weighted by atomic mass is 9.80. The van der Waals surface area contributed by atoms with Crippen LogP contribution < -0.4 is 24.8 Å². The molecule has 0 saturated carbocycles. The maximum absolute atomic E-state index is 13.2. The highest BCUT2D eigenvalue weighted by Crippen LogP contribution is 2.55.